The molecule has 0 aromatic heterocycles. The van der Waals surface area contributed by atoms with E-state index in [1.807, 2.05) is 24.3 Å². The Kier molecular flexibility index (Phi) is 3.54. The third-order valence-electron chi connectivity index (χ3n) is 4.55. The van der Waals surface area contributed by atoms with E-state index >= 15 is 0 Å². The Labute approximate surface area is 136 Å². The maximum Gasteiger partial charge on any atom is 0.248 e. The van der Waals surface area contributed by atoms with Crippen molar-refractivity contribution in [2.24, 2.45) is 0 Å². The highest BCUT2D eigenvalue weighted by Crippen LogP contribution is 2.33. The van der Waals surface area contributed by atoms with Crippen LogP contribution in [0.4, 0.5) is 0 Å². The Bertz CT molecular complexity index is 819. The van der Waals surface area contributed by atoms with Crippen molar-refractivity contribution in [3.63, 3.8) is 0 Å². The highest BCUT2D eigenvalue weighted by Gasteiger charge is 2.56. The van der Waals surface area contributed by atoms with Gasteiger partial charge in [0.2, 0.25) is 11.4 Å². The Morgan fingerprint density at radius 1 is 1.00 bits per heavy atom. The van der Waals surface area contributed by atoms with Gasteiger partial charge in [0.15, 0.2) is 0 Å². The van der Waals surface area contributed by atoms with Crippen LogP contribution in [0.15, 0.2) is 48.5 Å². The van der Waals surface area contributed by atoms with Crippen molar-refractivity contribution in [3.05, 3.63) is 59.3 Å². The molecule has 0 bridgehead atoms. The van der Waals surface area contributed by atoms with Gasteiger partial charge in [-0.05, 0) is 42.3 Å². The van der Waals surface area contributed by atoms with Gasteiger partial charge in [-0.1, -0.05) is 41.5 Å². The molecule has 0 amide bonds. The van der Waals surface area contributed by atoms with E-state index in [1.165, 1.54) is 5.39 Å². The molecule has 2 aromatic rings. The maximum atomic E-state index is 12.5. The van der Waals surface area contributed by atoms with Crippen LogP contribution in [-0.4, -0.2) is 26.7 Å². The summed E-state index contributed by atoms with van der Waals surface area (Å²) in [5.41, 5.74) is -0.460. The van der Waals surface area contributed by atoms with E-state index in [9.17, 15) is 10.4 Å². The minimum absolute atomic E-state index is 0.477. The second kappa shape index (κ2) is 5.18. The predicted molar refractivity (Wildman–Crippen MR) is 92.3 cm³/mol. The first-order valence-corrected chi connectivity index (χ1v) is 7.74. The van der Waals surface area contributed by atoms with Crippen molar-refractivity contribution < 1.29 is 9.95 Å². The smallest absolute Gasteiger partial charge is 0.248 e. The van der Waals surface area contributed by atoms with Crippen LogP contribution in [0.1, 0.15) is 33.3 Å². The Morgan fingerprint density at radius 2 is 1.65 bits per heavy atom. The lowest BCUT2D eigenvalue weighted by molar-refractivity contribution is -0.586. The minimum Gasteiger partial charge on any atom is -0.622 e. The van der Waals surface area contributed by atoms with Gasteiger partial charge in [-0.2, -0.15) is 4.74 Å². The first-order valence-electron chi connectivity index (χ1n) is 7.74. The molecule has 3 rings (SSSR count). The molecule has 0 atom stereocenters. The first kappa shape index (κ1) is 15.7. The molecular formula is C19H21N2O2. The lowest BCUT2D eigenvalue weighted by atomic mass is 9.97. The second-order valence-corrected chi connectivity index (χ2v) is 6.97. The molecule has 4 nitrogen and oxygen atoms in total. The van der Waals surface area contributed by atoms with Crippen molar-refractivity contribution in [1.29, 1.82) is 0 Å². The number of hydrogen-bond donors (Lipinski definition) is 0. The van der Waals surface area contributed by atoms with Gasteiger partial charge in [-0.3, -0.25) is 0 Å². The normalized spacial score (nSPS) is 20.7. The second-order valence-electron chi connectivity index (χ2n) is 6.97. The largest absolute Gasteiger partial charge is 0.622 e. The summed E-state index contributed by atoms with van der Waals surface area (Å²) in [6.07, 6.45) is 3.65. The number of nitrogens with zero attached hydrogens (tertiary/aromatic N) is 2. The molecule has 1 aliphatic rings. The van der Waals surface area contributed by atoms with Crippen LogP contribution in [0, 0.1) is 5.21 Å². The van der Waals surface area contributed by atoms with Gasteiger partial charge < -0.3 is 5.21 Å². The van der Waals surface area contributed by atoms with Crippen molar-refractivity contribution in [3.8, 4) is 0 Å². The number of fused-ring (bicyclic) bond motifs is 1. The van der Waals surface area contributed by atoms with Gasteiger partial charge in [0.25, 0.3) is 0 Å². The van der Waals surface area contributed by atoms with E-state index in [2.05, 4.69) is 24.3 Å². The molecule has 2 aromatic carbocycles. The molecule has 0 saturated carbocycles. The third kappa shape index (κ3) is 2.44. The fourth-order valence-electron chi connectivity index (χ4n) is 3.17. The molecule has 119 valence electrons. The quantitative estimate of drug-likeness (QED) is 0.622. The lowest BCUT2D eigenvalue weighted by Gasteiger charge is -2.27. The molecule has 1 radical (unpaired) electrons. The zero-order chi connectivity index (χ0) is 16.8. The summed E-state index contributed by atoms with van der Waals surface area (Å²) in [6, 6.07) is 14.3. The monoisotopic (exact) mass is 309 g/mol. The van der Waals surface area contributed by atoms with E-state index in [1.54, 1.807) is 33.8 Å². The summed E-state index contributed by atoms with van der Waals surface area (Å²) >= 11 is 0. The van der Waals surface area contributed by atoms with Crippen LogP contribution in [0.2, 0.25) is 0 Å². The highest BCUT2D eigenvalue weighted by molar-refractivity contribution is 6.02. The lowest BCUT2D eigenvalue weighted by Crippen LogP contribution is -2.50. The standard InChI is InChI=1S/C19H21N2O2/c1-18(2)17(20(22)19(3,4)21(18)23)12-10-14-9-11-15-7-5-6-8-16(15)13-14/h5-13H,1-4H3/b12-10+. The van der Waals surface area contributed by atoms with E-state index in [4.69, 9.17) is 0 Å². The van der Waals surface area contributed by atoms with Crippen molar-refractivity contribution >= 4 is 22.6 Å². The topological polar surface area (TPSA) is 49.2 Å². The average molecular weight is 309 g/mol. The third-order valence-corrected chi connectivity index (χ3v) is 4.55. The van der Waals surface area contributed by atoms with Crippen LogP contribution < -0.4 is 0 Å². The highest BCUT2D eigenvalue weighted by atomic mass is 16.6. The molecule has 0 N–H and O–H groups in total. The summed E-state index contributed by atoms with van der Waals surface area (Å²) in [5.74, 6) is 0. The summed E-state index contributed by atoms with van der Waals surface area (Å²) in [6.45, 7) is 6.84. The minimum atomic E-state index is -1.09. The molecule has 0 spiro atoms. The molecule has 0 saturated heterocycles. The van der Waals surface area contributed by atoms with Crippen LogP contribution in [-0.2, 0) is 5.21 Å². The van der Waals surface area contributed by atoms with Gasteiger partial charge >= 0.3 is 0 Å². The number of benzene rings is 2. The van der Waals surface area contributed by atoms with Crippen molar-refractivity contribution in [2.75, 3.05) is 0 Å². The zero-order valence-electron chi connectivity index (χ0n) is 13.9. The molecule has 0 aliphatic carbocycles. The van der Waals surface area contributed by atoms with Crippen LogP contribution in [0.3, 0.4) is 0 Å². The summed E-state index contributed by atoms with van der Waals surface area (Å²) in [4.78, 5) is 0. The Morgan fingerprint density at radius 3 is 2.26 bits per heavy atom. The van der Waals surface area contributed by atoms with Crippen molar-refractivity contribution in [1.82, 2.24) is 5.06 Å². The molecule has 1 heterocycles. The van der Waals surface area contributed by atoms with Gasteiger partial charge in [0.1, 0.15) is 5.54 Å². The SMILES string of the molecule is CC1(C)C(/C=C/c2ccc3ccccc3c2)=[N+]([O-])C(C)(C)N1[O]. The van der Waals surface area contributed by atoms with E-state index in [-0.39, 0.29) is 0 Å². The van der Waals surface area contributed by atoms with E-state index < -0.39 is 11.2 Å². The fourth-order valence-corrected chi connectivity index (χ4v) is 3.17. The van der Waals surface area contributed by atoms with Crippen molar-refractivity contribution in [2.45, 2.75) is 38.9 Å². The molecule has 0 fully saturated rings. The fraction of sp³-hybridized carbons (Fsp3) is 0.316. The predicted octanol–water partition coefficient (Wildman–Crippen LogP) is 3.98. The van der Waals surface area contributed by atoms with Crippen LogP contribution in [0.25, 0.3) is 16.8 Å². The van der Waals surface area contributed by atoms with Gasteiger partial charge in [-0.25, -0.2) is 0 Å². The van der Waals surface area contributed by atoms with Gasteiger partial charge in [0.05, 0.1) is 0 Å². The number of hydroxylamine groups is 3. The summed E-state index contributed by atoms with van der Waals surface area (Å²) < 4.78 is 0.817. The molecule has 4 heteroatoms. The number of hydrogen-bond acceptors (Lipinski definition) is 2. The Balaban J connectivity index is 1.99. The average Bonchev–Trinajstić information content (AvgIpc) is 2.63. The van der Waals surface area contributed by atoms with Gasteiger partial charge in [-0.15, -0.1) is 5.21 Å². The van der Waals surface area contributed by atoms with Crippen LogP contribution in [0.5, 0.6) is 0 Å². The molecule has 0 unspecified atom stereocenters. The molecule has 1 aliphatic heterocycles. The summed E-state index contributed by atoms with van der Waals surface area (Å²) in [7, 11) is 0. The zero-order valence-corrected chi connectivity index (χ0v) is 13.9. The Hall–Kier alpha value is -2.17. The molecule has 23 heavy (non-hydrogen) atoms. The van der Waals surface area contributed by atoms with E-state index in [0.717, 1.165) is 20.8 Å². The number of rotatable bonds is 2. The first-order chi connectivity index (χ1) is 10.7. The van der Waals surface area contributed by atoms with Crippen LogP contribution >= 0.6 is 0 Å². The molecular weight excluding hydrogens is 288 g/mol. The van der Waals surface area contributed by atoms with E-state index in [0.29, 0.717) is 5.71 Å². The maximum absolute atomic E-state index is 12.5. The summed E-state index contributed by atoms with van der Waals surface area (Å²) in [5, 5.41) is 28.0. The van der Waals surface area contributed by atoms with Gasteiger partial charge in [0, 0.05) is 19.9 Å².